The predicted octanol–water partition coefficient (Wildman–Crippen LogP) is -1.26. The molecule has 0 aliphatic carbocycles. The molecule has 8 heteroatoms. The number of urea groups is 1. The molecule has 1 fully saturated rings. The van der Waals surface area contributed by atoms with Crippen molar-refractivity contribution in [2.45, 2.75) is 31.9 Å². The quantitative estimate of drug-likeness (QED) is 0.498. The van der Waals surface area contributed by atoms with Gasteiger partial charge >= 0.3 is 12.0 Å². The number of rotatable bonds is 5. The minimum Gasteiger partial charge on any atom is -0.479 e. The van der Waals surface area contributed by atoms with Gasteiger partial charge < -0.3 is 25.7 Å². The highest BCUT2D eigenvalue weighted by atomic mass is 16.4. The Morgan fingerprint density at radius 3 is 2.68 bits per heavy atom. The molecule has 1 aliphatic rings. The first-order valence-electron chi connectivity index (χ1n) is 6.11. The van der Waals surface area contributed by atoms with Crippen LogP contribution in [0, 0.1) is 0 Å². The first-order chi connectivity index (χ1) is 8.90. The van der Waals surface area contributed by atoms with Gasteiger partial charge in [0.2, 0.25) is 5.91 Å². The second-order valence-electron chi connectivity index (χ2n) is 4.51. The van der Waals surface area contributed by atoms with E-state index in [1.54, 1.807) is 4.90 Å². The zero-order valence-corrected chi connectivity index (χ0v) is 10.8. The number of carboxylic acid groups (broad SMARTS) is 1. The van der Waals surface area contributed by atoms with E-state index in [0.29, 0.717) is 19.5 Å². The van der Waals surface area contributed by atoms with Crippen LogP contribution in [0.5, 0.6) is 0 Å². The summed E-state index contributed by atoms with van der Waals surface area (Å²) in [4.78, 5) is 34.5. The van der Waals surface area contributed by atoms with Crippen LogP contribution < -0.4 is 10.6 Å². The van der Waals surface area contributed by atoms with Crippen molar-refractivity contribution >= 4 is 17.9 Å². The molecule has 0 spiro atoms. The van der Waals surface area contributed by atoms with Gasteiger partial charge in [0, 0.05) is 39.0 Å². The van der Waals surface area contributed by atoms with E-state index in [-0.39, 0.29) is 30.9 Å². The lowest BCUT2D eigenvalue weighted by Crippen LogP contribution is -2.42. The number of amides is 3. The average Bonchev–Trinajstić information content (AvgIpc) is 2.76. The van der Waals surface area contributed by atoms with Gasteiger partial charge in [-0.15, -0.1) is 0 Å². The molecule has 0 saturated carbocycles. The minimum absolute atomic E-state index is 0.0344. The zero-order valence-electron chi connectivity index (χ0n) is 10.8. The van der Waals surface area contributed by atoms with Crippen LogP contribution in [0.2, 0.25) is 0 Å². The third kappa shape index (κ3) is 5.12. The summed E-state index contributed by atoms with van der Waals surface area (Å²) in [5, 5.41) is 22.8. The highest BCUT2D eigenvalue weighted by Gasteiger charge is 2.26. The molecule has 0 bridgehead atoms. The van der Waals surface area contributed by atoms with E-state index in [1.165, 1.54) is 6.92 Å². The fraction of sp³-hybridized carbons (Fsp3) is 0.727. The van der Waals surface area contributed by atoms with Crippen molar-refractivity contribution in [2.75, 3.05) is 19.6 Å². The summed E-state index contributed by atoms with van der Waals surface area (Å²) in [6.45, 7) is 2.49. The fourth-order valence-electron chi connectivity index (χ4n) is 1.90. The maximum Gasteiger partial charge on any atom is 0.332 e. The number of aliphatic hydroxyl groups is 1. The number of hydrogen-bond acceptors (Lipinski definition) is 4. The van der Waals surface area contributed by atoms with Crippen molar-refractivity contribution in [2.24, 2.45) is 0 Å². The number of nitrogens with one attached hydrogen (secondary N) is 2. The van der Waals surface area contributed by atoms with E-state index < -0.39 is 12.1 Å². The average molecular weight is 273 g/mol. The van der Waals surface area contributed by atoms with Gasteiger partial charge in [-0.1, -0.05) is 0 Å². The summed E-state index contributed by atoms with van der Waals surface area (Å²) in [7, 11) is 0. The lowest BCUT2D eigenvalue weighted by molar-refractivity contribution is -0.146. The van der Waals surface area contributed by atoms with Gasteiger partial charge in [-0.3, -0.25) is 4.79 Å². The van der Waals surface area contributed by atoms with Crippen molar-refractivity contribution in [3.63, 3.8) is 0 Å². The third-order valence-electron chi connectivity index (χ3n) is 2.86. The Bertz CT molecular complexity index is 360. The number of aliphatic hydroxyl groups excluding tert-OH is 1. The Hall–Kier alpha value is -1.83. The van der Waals surface area contributed by atoms with Gasteiger partial charge in [0.1, 0.15) is 0 Å². The normalized spacial score (nSPS) is 19.9. The molecule has 8 nitrogen and oxygen atoms in total. The van der Waals surface area contributed by atoms with Crippen LogP contribution in [0.4, 0.5) is 4.79 Å². The molecule has 1 heterocycles. The van der Waals surface area contributed by atoms with E-state index in [4.69, 9.17) is 10.2 Å². The molecule has 1 saturated heterocycles. The van der Waals surface area contributed by atoms with Gasteiger partial charge in [-0.25, -0.2) is 9.59 Å². The summed E-state index contributed by atoms with van der Waals surface area (Å²) in [6, 6.07) is -0.349. The van der Waals surface area contributed by atoms with Crippen molar-refractivity contribution in [3.8, 4) is 0 Å². The minimum atomic E-state index is -1.47. The molecule has 19 heavy (non-hydrogen) atoms. The molecule has 0 aromatic rings. The third-order valence-corrected chi connectivity index (χ3v) is 2.86. The number of nitrogens with zero attached hydrogens (tertiary/aromatic N) is 1. The van der Waals surface area contributed by atoms with Gasteiger partial charge in [-0.05, 0) is 6.42 Å². The zero-order chi connectivity index (χ0) is 14.4. The maximum absolute atomic E-state index is 11.7. The van der Waals surface area contributed by atoms with Gasteiger partial charge in [0.05, 0.1) is 0 Å². The predicted molar refractivity (Wildman–Crippen MR) is 65.5 cm³/mol. The molecule has 3 amide bonds. The standard InChI is InChI=1S/C11H19N3O5/c1-7(15)13-8-3-5-14(6-8)11(19)12-4-2-9(16)10(17)18/h8-9,16H,2-6H2,1H3,(H,12,19)(H,13,15)(H,17,18). The smallest absolute Gasteiger partial charge is 0.332 e. The molecule has 2 atom stereocenters. The molecule has 1 rings (SSSR count). The van der Waals surface area contributed by atoms with Crippen LogP contribution >= 0.6 is 0 Å². The topological polar surface area (TPSA) is 119 Å². The molecule has 0 radical (unpaired) electrons. The number of likely N-dealkylation sites (tertiary alicyclic amines) is 1. The largest absolute Gasteiger partial charge is 0.479 e. The Morgan fingerprint density at radius 2 is 2.11 bits per heavy atom. The van der Waals surface area contributed by atoms with Gasteiger partial charge in [0.15, 0.2) is 6.10 Å². The molecule has 108 valence electrons. The molecular formula is C11H19N3O5. The number of carboxylic acids is 1. The van der Waals surface area contributed by atoms with Crippen LogP contribution in [0.1, 0.15) is 19.8 Å². The first-order valence-corrected chi connectivity index (χ1v) is 6.11. The molecule has 4 N–H and O–H groups in total. The Labute approximate surface area is 110 Å². The lowest BCUT2D eigenvalue weighted by atomic mass is 10.2. The van der Waals surface area contributed by atoms with Crippen LogP contribution in [0.3, 0.4) is 0 Å². The van der Waals surface area contributed by atoms with Crippen molar-refractivity contribution < 1.29 is 24.6 Å². The first kappa shape index (κ1) is 15.2. The Morgan fingerprint density at radius 1 is 1.42 bits per heavy atom. The monoisotopic (exact) mass is 273 g/mol. The van der Waals surface area contributed by atoms with E-state index in [2.05, 4.69) is 10.6 Å². The summed E-state index contributed by atoms with van der Waals surface area (Å²) in [5.74, 6) is -1.43. The van der Waals surface area contributed by atoms with Crippen LogP contribution in [0.25, 0.3) is 0 Å². The lowest BCUT2D eigenvalue weighted by Gasteiger charge is -2.17. The molecule has 0 aromatic carbocycles. The highest BCUT2D eigenvalue weighted by molar-refractivity contribution is 5.76. The van der Waals surface area contributed by atoms with Crippen molar-refractivity contribution in [1.29, 1.82) is 0 Å². The number of carbonyl (C=O) groups excluding carboxylic acids is 2. The molecule has 1 aliphatic heterocycles. The summed E-state index contributed by atoms with van der Waals surface area (Å²) >= 11 is 0. The number of carbonyl (C=O) groups is 3. The summed E-state index contributed by atoms with van der Waals surface area (Å²) in [6.07, 6.45) is -0.805. The van der Waals surface area contributed by atoms with E-state index in [0.717, 1.165) is 0 Å². The summed E-state index contributed by atoms with van der Waals surface area (Å²) in [5.41, 5.74) is 0. The van der Waals surface area contributed by atoms with Crippen molar-refractivity contribution in [1.82, 2.24) is 15.5 Å². The Kier molecular flexibility index (Phi) is 5.56. The Balaban J connectivity index is 2.24. The number of hydrogen-bond donors (Lipinski definition) is 4. The molecule has 2 unspecified atom stereocenters. The highest BCUT2D eigenvalue weighted by Crippen LogP contribution is 2.09. The van der Waals surface area contributed by atoms with E-state index in [1.807, 2.05) is 0 Å². The van der Waals surface area contributed by atoms with Crippen LogP contribution in [-0.2, 0) is 9.59 Å². The maximum atomic E-state index is 11.7. The SMILES string of the molecule is CC(=O)NC1CCN(C(=O)NCCC(O)C(=O)O)C1. The van der Waals surface area contributed by atoms with Gasteiger partial charge in [-0.2, -0.15) is 0 Å². The second-order valence-corrected chi connectivity index (χ2v) is 4.51. The second kappa shape index (κ2) is 6.93. The number of aliphatic carboxylic acids is 1. The van der Waals surface area contributed by atoms with Crippen LogP contribution in [0.15, 0.2) is 0 Å². The van der Waals surface area contributed by atoms with Gasteiger partial charge in [0.25, 0.3) is 0 Å². The fourth-order valence-corrected chi connectivity index (χ4v) is 1.90. The van der Waals surface area contributed by atoms with E-state index in [9.17, 15) is 14.4 Å². The molecular weight excluding hydrogens is 254 g/mol. The van der Waals surface area contributed by atoms with E-state index >= 15 is 0 Å². The van der Waals surface area contributed by atoms with Crippen molar-refractivity contribution in [3.05, 3.63) is 0 Å². The van der Waals surface area contributed by atoms with Crippen LogP contribution in [-0.4, -0.2) is 64.8 Å². The summed E-state index contributed by atoms with van der Waals surface area (Å²) < 4.78 is 0. The molecule has 0 aromatic heterocycles.